The van der Waals surface area contributed by atoms with E-state index < -0.39 is 0 Å². The molecule has 0 aromatic heterocycles. The molecule has 0 bridgehead atoms. The lowest BCUT2D eigenvalue weighted by Crippen LogP contribution is -1.90. The molecule has 2 rings (SSSR count). The van der Waals surface area contributed by atoms with Crippen molar-refractivity contribution in [2.24, 2.45) is 0 Å². The number of aryl methyl sites for hydroxylation is 1. The van der Waals surface area contributed by atoms with Crippen LogP contribution in [0.4, 0.5) is 4.39 Å². The molecule has 0 N–H and O–H groups in total. The topological polar surface area (TPSA) is 0 Å². The molecule has 0 fully saturated rings. The Morgan fingerprint density at radius 2 is 1.24 bits per heavy atom. The van der Waals surface area contributed by atoms with Gasteiger partial charge in [-0.3, -0.25) is 0 Å². The van der Waals surface area contributed by atoms with Gasteiger partial charge in [0.15, 0.2) is 0 Å². The molecular formula is C16H17F. The maximum atomic E-state index is 12.8. The Morgan fingerprint density at radius 1 is 0.765 bits per heavy atom. The molecule has 88 valence electrons. The lowest BCUT2D eigenvalue weighted by atomic mass is 10.0. The highest BCUT2D eigenvalue weighted by atomic mass is 19.1. The number of hydrogen-bond acceptors (Lipinski definition) is 0. The number of benzene rings is 2. The van der Waals surface area contributed by atoms with Crippen LogP contribution in [0.3, 0.4) is 0 Å². The van der Waals surface area contributed by atoms with E-state index in [1.807, 2.05) is 12.1 Å². The molecule has 0 saturated carbocycles. The van der Waals surface area contributed by atoms with Gasteiger partial charge in [0.1, 0.15) is 5.82 Å². The number of halogens is 1. The van der Waals surface area contributed by atoms with E-state index in [9.17, 15) is 4.39 Å². The van der Waals surface area contributed by atoms with Crippen LogP contribution in [-0.4, -0.2) is 0 Å². The lowest BCUT2D eigenvalue weighted by Gasteiger charge is -2.04. The summed E-state index contributed by atoms with van der Waals surface area (Å²) in [5.41, 5.74) is 3.81. The summed E-state index contributed by atoms with van der Waals surface area (Å²) in [6.07, 6.45) is 3.18. The Labute approximate surface area is 102 Å². The van der Waals surface area contributed by atoms with Crippen molar-refractivity contribution >= 4 is 0 Å². The first-order valence-electron chi connectivity index (χ1n) is 6.10. The van der Waals surface area contributed by atoms with E-state index in [-0.39, 0.29) is 5.82 Å². The molecule has 0 unspecified atom stereocenters. The Balaban J connectivity index is 2.05. The Kier molecular flexibility index (Phi) is 3.92. The zero-order chi connectivity index (χ0) is 12.1. The molecule has 1 heteroatoms. The van der Waals surface area contributed by atoms with Gasteiger partial charge in [-0.25, -0.2) is 4.39 Å². The fourth-order valence-electron chi connectivity index (χ4n) is 1.95. The molecule has 0 spiro atoms. The van der Waals surface area contributed by atoms with E-state index >= 15 is 0 Å². The number of hydrogen-bond donors (Lipinski definition) is 0. The van der Waals surface area contributed by atoms with Crippen LogP contribution >= 0.6 is 0 Å². The predicted molar refractivity (Wildman–Crippen MR) is 69.6 cm³/mol. The van der Waals surface area contributed by atoms with Crippen molar-refractivity contribution in [1.29, 1.82) is 0 Å². The second-order valence-corrected chi connectivity index (χ2v) is 4.37. The molecule has 0 nitrogen and oxygen atoms in total. The van der Waals surface area contributed by atoms with Gasteiger partial charge in [0.25, 0.3) is 0 Å². The molecule has 0 amide bonds. The normalized spacial score (nSPS) is 10.5. The van der Waals surface area contributed by atoms with Gasteiger partial charge in [-0.05, 0) is 41.7 Å². The van der Waals surface area contributed by atoms with Crippen molar-refractivity contribution in [3.8, 4) is 0 Å². The third-order valence-corrected chi connectivity index (χ3v) is 2.88. The van der Waals surface area contributed by atoms with Crippen molar-refractivity contribution in [2.75, 3.05) is 0 Å². The Bertz CT molecular complexity index is 454. The Morgan fingerprint density at radius 3 is 1.76 bits per heavy atom. The van der Waals surface area contributed by atoms with Gasteiger partial charge >= 0.3 is 0 Å². The highest BCUT2D eigenvalue weighted by Gasteiger charge is 1.97. The molecule has 0 atom stereocenters. The minimum Gasteiger partial charge on any atom is -0.207 e. The maximum Gasteiger partial charge on any atom is 0.123 e. The van der Waals surface area contributed by atoms with E-state index in [4.69, 9.17) is 0 Å². The summed E-state index contributed by atoms with van der Waals surface area (Å²) in [5.74, 6) is -0.174. The molecule has 0 saturated heterocycles. The quantitative estimate of drug-likeness (QED) is 0.729. The molecule has 0 aliphatic heterocycles. The predicted octanol–water partition coefficient (Wildman–Crippen LogP) is 4.37. The fraction of sp³-hybridized carbons (Fsp3) is 0.250. The summed E-state index contributed by atoms with van der Waals surface area (Å²) in [4.78, 5) is 0. The van der Waals surface area contributed by atoms with E-state index in [0.717, 1.165) is 18.4 Å². The van der Waals surface area contributed by atoms with Crippen molar-refractivity contribution in [1.82, 2.24) is 0 Å². The van der Waals surface area contributed by atoms with Gasteiger partial charge in [-0.2, -0.15) is 0 Å². The summed E-state index contributed by atoms with van der Waals surface area (Å²) in [7, 11) is 0. The monoisotopic (exact) mass is 228 g/mol. The average Bonchev–Trinajstić information content (AvgIpc) is 2.35. The molecule has 0 heterocycles. The van der Waals surface area contributed by atoms with E-state index in [1.54, 1.807) is 0 Å². The SMILES string of the molecule is CCCc1ccc(Cc2ccc(F)cc2)cc1. The molecule has 0 aliphatic carbocycles. The first kappa shape index (κ1) is 11.8. The van der Waals surface area contributed by atoms with Crippen molar-refractivity contribution < 1.29 is 4.39 Å². The third kappa shape index (κ3) is 3.42. The second-order valence-electron chi connectivity index (χ2n) is 4.37. The van der Waals surface area contributed by atoms with E-state index in [2.05, 4.69) is 31.2 Å². The summed E-state index contributed by atoms with van der Waals surface area (Å²) in [5, 5.41) is 0. The minimum atomic E-state index is -0.174. The zero-order valence-electron chi connectivity index (χ0n) is 10.1. The highest BCUT2D eigenvalue weighted by Crippen LogP contribution is 2.12. The van der Waals surface area contributed by atoms with Crippen molar-refractivity contribution in [2.45, 2.75) is 26.2 Å². The van der Waals surface area contributed by atoms with Crippen molar-refractivity contribution in [3.05, 3.63) is 71.0 Å². The van der Waals surface area contributed by atoms with Crippen LogP contribution in [0.25, 0.3) is 0 Å². The van der Waals surface area contributed by atoms with Crippen LogP contribution in [0, 0.1) is 5.82 Å². The largest absolute Gasteiger partial charge is 0.207 e. The molecule has 0 radical (unpaired) electrons. The van der Waals surface area contributed by atoms with Crippen LogP contribution in [0.5, 0.6) is 0 Å². The van der Waals surface area contributed by atoms with Crippen LogP contribution < -0.4 is 0 Å². The molecule has 2 aromatic rings. The molecule has 2 aromatic carbocycles. The summed E-state index contributed by atoms with van der Waals surface area (Å²) in [6.45, 7) is 2.19. The van der Waals surface area contributed by atoms with Crippen molar-refractivity contribution in [3.63, 3.8) is 0 Å². The van der Waals surface area contributed by atoms with Crippen LogP contribution in [-0.2, 0) is 12.8 Å². The van der Waals surface area contributed by atoms with Gasteiger partial charge in [-0.1, -0.05) is 49.7 Å². The van der Waals surface area contributed by atoms with Crippen LogP contribution in [0.2, 0.25) is 0 Å². The third-order valence-electron chi connectivity index (χ3n) is 2.88. The minimum absolute atomic E-state index is 0.174. The first-order chi connectivity index (χ1) is 8.28. The molecule has 17 heavy (non-hydrogen) atoms. The standard InChI is InChI=1S/C16H17F/c1-2-3-13-4-6-14(7-5-13)12-15-8-10-16(17)11-9-15/h4-11H,2-3,12H2,1H3. The van der Waals surface area contributed by atoms with Gasteiger partial charge in [-0.15, -0.1) is 0 Å². The number of rotatable bonds is 4. The van der Waals surface area contributed by atoms with Gasteiger partial charge in [0.05, 0.1) is 0 Å². The maximum absolute atomic E-state index is 12.8. The van der Waals surface area contributed by atoms with Gasteiger partial charge < -0.3 is 0 Å². The summed E-state index contributed by atoms with van der Waals surface area (Å²) < 4.78 is 12.8. The zero-order valence-corrected chi connectivity index (χ0v) is 10.1. The fourth-order valence-corrected chi connectivity index (χ4v) is 1.95. The smallest absolute Gasteiger partial charge is 0.123 e. The Hall–Kier alpha value is -1.63. The van der Waals surface area contributed by atoms with Crippen LogP contribution in [0.1, 0.15) is 30.0 Å². The van der Waals surface area contributed by atoms with Gasteiger partial charge in [0, 0.05) is 0 Å². The van der Waals surface area contributed by atoms with Crippen LogP contribution in [0.15, 0.2) is 48.5 Å². The lowest BCUT2D eigenvalue weighted by molar-refractivity contribution is 0.627. The van der Waals surface area contributed by atoms with Gasteiger partial charge in [0.2, 0.25) is 0 Å². The molecular weight excluding hydrogens is 211 g/mol. The van der Waals surface area contributed by atoms with E-state index in [0.29, 0.717) is 0 Å². The highest BCUT2D eigenvalue weighted by molar-refractivity contribution is 5.28. The van der Waals surface area contributed by atoms with E-state index in [1.165, 1.54) is 29.7 Å². The average molecular weight is 228 g/mol. The summed E-state index contributed by atoms with van der Waals surface area (Å²) in [6, 6.07) is 15.4. The first-order valence-corrected chi connectivity index (χ1v) is 6.10. The second kappa shape index (κ2) is 5.62. The summed E-state index contributed by atoms with van der Waals surface area (Å²) >= 11 is 0. The molecule has 0 aliphatic rings.